The van der Waals surface area contributed by atoms with Crippen LogP contribution in [0.25, 0.3) is 22.4 Å². The maximum atomic E-state index is 14.3. The molecule has 0 radical (unpaired) electrons. The fraction of sp³-hybridized carbons (Fsp3) is 0.468. The van der Waals surface area contributed by atoms with Gasteiger partial charge in [-0.15, -0.1) is 0 Å². The van der Waals surface area contributed by atoms with Gasteiger partial charge in [-0.1, -0.05) is 24.3 Å². The lowest BCUT2D eigenvalue weighted by atomic mass is 9.89. The summed E-state index contributed by atoms with van der Waals surface area (Å²) in [6, 6.07) is 14.9. The number of carbonyl (C=O) groups excluding carboxylic acids is 3. The number of hydrogen-bond donors (Lipinski definition) is 2. The van der Waals surface area contributed by atoms with Crippen molar-refractivity contribution in [3.63, 3.8) is 0 Å². The third-order valence-corrected chi connectivity index (χ3v) is 14.3. The summed E-state index contributed by atoms with van der Waals surface area (Å²) >= 11 is 0. The molecule has 67 heavy (non-hydrogen) atoms. The minimum Gasteiger partial charge on any atom is -0.374 e. The van der Waals surface area contributed by atoms with Crippen LogP contribution in [-0.2, 0) is 39.1 Å². The number of nitrogens with zero attached hydrogens (tertiary/aromatic N) is 10. The van der Waals surface area contributed by atoms with Crippen LogP contribution in [0.3, 0.4) is 0 Å². The number of piperidine rings is 2. The summed E-state index contributed by atoms with van der Waals surface area (Å²) in [5.41, 5.74) is 3.62. The minimum absolute atomic E-state index is 0.0932. The van der Waals surface area contributed by atoms with Crippen LogP contribution < -0.4 is 21.2 Å². The van der Waals surface area contributed by atoms with E-state index in [0.717, 1.165) is 94.6 Å². The van der Waals surface area contributed by atoms with Crippen LogP contribution in [0, 0.1) is 0 Å². The summed E-state index contributed by atoms with van der Waals surface area (Å²) in [4.78, 5) is 63.2. The molecule has 9 heterocycles. The fourth-order valence-electron chi connectivity index (χ4n) is 10.8. The third-order valence-electron chi connectivity index (χ3n) is 14.3. The Morgan fingerprint density at radius 3 is 2.64 bits per heavy atom. The Hall–Kier alpha value is -6.35. The van der Waals surface area contributed by atoms with Gasteiger partial charge in [0.15, 0.2) is 11.3 Å². The molecule has 5 saturated heterocycles. The van der Waals surface area contributed by atoms with Gasteiger partial charge in [0.1, 0.15) is 17.4 Å². The maximum absolute atomic E-state index is 14.3. The van der Waals surface area contributed by atoms with Crippen LogP contribution in [0.2, 0.25) is 0 Å². The monoisotopic (exact) mass is 918 g/mol. The van der Waals surface area contributed by atoms with E-state index in [0.29, 0.717) is 42.3 Å². The quantitative estimate of drug-likeness (QED) is 0.169. The number of alkyl halides is 2. The number of nitrogens with one attached hydrogen (secondary N) is 2. The van der Waals surface area contributed by atoms with Crippen molar-refractivity contribution < 1.29 is 32.6 Å². The zero-order chi connectivity index (χ0) is 46.0. The lowest BCUT2D eigenvalue weighted by molar-refractivity contribution is -0.136. The number of imidazole rings is 1. The molecular formula is C47H52F2N12O6. The largest absolute Gasteiger partial charge is 0.374 e. The second-order valence-electron chi connectivity index (χ2n) is 18.6. The number of hydrogen-bond acceptors (Lipinski definition) is 12. The molecule has 2 N–H and O–H groups in total. The molecule has 2 aromatic carbocycles. The predicted molar refractivity (Wildman–Crippen MR) is 242 cm³/mol. The zero-order valence-electron chi connectivity index (χ0n) is 37.2. The van der Waals surface area contributed by atoms with Gasteiger partial charge in [-0.3, -0.25) is 38.6 Å². The molecule has 4 aromatic heterocycles. The van der Waals surface area contributed by atoms with E-state index in [2.05, 4.69) is 35.5 Å². The lowest BCUT2D eigenvalue weighted by Crippen LogP contribution is -2.56. The highest BCUT2D eigenvalue weighted by atomic mass is 19.3. The first kappa shape index (κ1) is 43.2. The van der Waals surface area contributed by atoms with E-state index in [9.17, 15) is 28.0 Å². The molecule has 1 spiro atoms. The number of halogens is 2. The van der Waals surface area contributed by atoms with Gasteiger partial charge >= 0.3 is 5.69 Å². The van der Waals surface area contributed by atoms with Crippen molar-refractivity contribution in [3.8, 4) is 5.69 Å². The molecule has 11 rings (SSSR count). The second kappa shape index (κ2) is 17.4. The predicted octanol–water partition coefficient (Wildman–Crippen LogP) is 4.01. The smallest absolute Gasteiger partial charge is 0.329 e. The van der Waals surface area contributed by atoms with Crippen LogP contribution in [-0.4, -0.2) is 131 Å². The molecule has 3 amide bonds. The number of rotatable bonds is 12. The zero-order valence-corrected chi connectivity index (χ0v) is 37.2. The van der Waals surface area contributed by atoms with Crippen LogP contribution in [0.4, 0.5) is 20.3 Å². The SMILES string of the molecule is Cn1c(=O)n(C2CCC(=O)NC2=O)c2cccc(CCCN3CCOC4(CCN(Cc5ccc(-n6cc(NC(=O)c7cnn8ccc(N9C[C@H]%10C[C@@H]9CO%10)nc78)c(C(F)F)n6)cc5)CC4)C3)c21. The number of para-hydroxylation sites is 1. The number of imide groups is 1. The summed E-state index contributed by atoms with van der Waals surface area (Å²) in [5.74, 6) is -0.648. The van der Waals surface area contributed by atoms with Gasteiger partial charge in [0.25, 0.3) is 12.3 Å². The first-order valence-corrected chi connectivity index (χ1v) is 23.1. The van der Waals surface area contributed by atoms with Crippen molar-refractivity contribution in [2.24, 2.45) is 7.05 Å². The molecule has 1 unspecified atom stereocenters. The lowest BCUT2D eigenvalue weighted by Gasteiger charge is -2.47. The molecule has 5 aliphatic heterocycles. The van der Waals surface area contributed by atoms with Gasteiger partial charge in [0.2, 0.25) is 11.8 Å². The van der Waals surface area contributed by atoms with Gasteiger partial charge in [0.05, 0.1) is 65.8 Å². The van der Waals surface area contributed by atoms with E-state index < -0.39 is 30.0 Å². The number of aromatic nitrogens is 7. The van der Waals surface area contributed by atoms with Crippen molar-refractivity contribution in [1.29, 1.82) is 0 Å². The van der Waals surface area contributed by atoms with Gasteiger partial charge in [-0.2, -0.15) is 10.2 Å². The van der Waals surface area contributed by atoms with Crippen molar-refractivity contribution in [1.82, 2.24) is 48.6 Å². The van der Waals surface area contributed by atoms with Gasteiger partial charge in [0, 0.05) is 58.9 Å². The Morgan fingerprint density at radius 1 is 1.04 bits per heavy atom. The number of fused-ring (bicyclic) bond motifs is 4. The number of benzene rings is 2. The molecule has 5 fully saturated rings. The first-order chi connectivity index (χ1) is 32.5. The molecular weight excluding hydrogens is 867 g/mol. The summed E-state index contributed by atoms with van der Waals surface area (Å²) in [6.45, 7) is 7.08. The van der Waals surface area contributed by atoms with Gasteiger partial charge in [-0.25, -0.2) is 27.8 Å². The van der Waals surface area contributed by atoms with Gasteiger partial charge in [-0.05, 0) is 80.5 Å². The van der Waals surface area contributed by atoms with E-state index >= 15 is 0 Å². The van der Waals surface area contributed by atoms with Crippen LogP contribution in [0.15, 0.2) is 71.9 Å². The summed E-state index contributed by atoms with van der Waals surface area (Å²) in [6.07, 6.45) is 6.67. The number of aryl methyl sites for hydroxylation is 2. The molecule has 6 aromatic rings. The molecule has 20 heteroatoms. The second-order valence-corrected chi connectivity index (χ2v) is 18.6. The number of carbonyl (C=O) groups is 3. The Balaban J connectivity index is 0.687. The number of amides is 3. The number of anilines is 2. The highest BCUT2D eigenvalue weighted by molar-refractivity contribution is 6.08. The molecule has 2 bridgehead atoms. The van der Waals surface area contributed by atoms with E-state index in [1.165, 1.54) is 26.2 Å². The van der Waals surface area contributed by atoms with Crippen LogP contribution in [0.5, 0.6) is 0 Å². The molecule has 3 atom stereocenters. The number of ether oxygens (including phenoxy) is 2. The van der Waals surface area contributed by atoms with Crippen molar-refractivity contribution in [3.05, 3.63) is 100.0 Å². The highest BCUT2D eigenvalue weighted by Gasteiger charge is 2.41. The minimum atomic E-state index is -2.92. The fourth-order valence-corrected chi connectivity index (χ4v) is 10.8. The third kappa shape index (κ3) is 8.18. The van der Waals surface area contributed by atoms with E-state index in [-0.39, 0.29) is 47.0 Å². The van der Waals surface area contributed by atoms with E-state index in [1.54, 1.807) is 17.8 Å². The van der Waals surface area contributed by atoms with E-state index in [1.807, 2.05) is 48.5 Å². The highest BCUT2D eigenvalue weighted by Crippen LogP contribution is 2.34. The Bertz CT molecular complexity index is 2940. The van der Waals surface area contributed by atoms with Crippen LogP contribution >= 0.6 is 0 Å². The molecule has 5 aliphatic rings. The van der Waals surface area contributed by atoms with Crippen molar-refractivity contribution in [2.75, 3.05) is 62.7 Å². The van der Waals surface area contributed by atoms with Crippen molar-refractivity contribution in [2.45, 2.75) is 81.7 Å². The first-order valence-electron chi connectivity index (χ1n) is 23.1. The molecule has 0 saturated carbocycles. The molecule has 18 nitrogen and oxygen atoms in total. The summed E-state index contributed by atoms with van der Waals surface area (Å²) < 4.78 is 46.9. The average molecular weight is 919 g/mol. The normalized spacial score (nSPS) is 22.2. The Kier molecular flexibility index (Phi) is 11.2. The van der Waals surface area contributed by atoms with E-state index in [4.69, 9.17) is 14.5 Å². The Morgan fingerprint density at radius 2 is 1.88 bits per heavy atom. The number of morpholine rings is 2. The maximum Gasteiger partial charge on any atom is 0.329 e. The summed E-state index contributed by atoms with van der Waals surface area (Å²) in [7, 11) is 1.74. The topological polar surface area (TPSA) is 178 Å². The average Bonchev–Trinajstić information content (AvgIpc) is 4.18. The summed E-state index contributed by atoms with van der Waals surface area (Å²) in [5, 5.41) is 13.5. The Labute approximate surface area is 383 Å². The standard InChI is InChI=1S/C47H52F2N12O6/c1-55-41-30(4-2-6-36(41)61(46(55)65)37-11-12-39(62)53-45(37)64)5-3-16-57-20-21-67-47(28-57)14-18-56(19-15-47)24-29-7-9-31(10-8-29)60-26-35(40(54-60)42(48)49)51-44(63)34-23-50-59-17-13-38(52-43(34)59)58-25-33-22-32(58)27-66-33/h2,4,6-10,13,17,23,26,32-33,37,42H,3,5,11-12,14-16,18-22,24-25,27-28H2,1H3,(H,51,63)(H,53,62,64)/t32-,33-,37?/m1/s1. The molecule has 350 valence electrons. The number of likely N-dealkylation sites (tertiary alicyclic amines) is 1. The van der Waals surface area contributed by atoms with Gasteiger partial charge < -0.3 is 19.7 Å². The van der Waals surface area contributed by atoms with Crippen LogP contribution in [0.1, 0.15) is 78.2 Å². The van der Waals surface area contributed by atoms with Crippen molar-refractivity contribution >= 4 is 45.9 Å². The molecule has 0 aliphatic carbocycles.